The van der Waals surface area contributed by atoms with Crippen LogP contribution in [0.25, 0.3) is 0 Å². The van der Waals surface area contributed by atoms with Crippen molar-refractivity contribution < 1.29 is 17.9 Å². The van der Waals surface area contributed by atoms with Crippen LogP contribution in [0.15, 0.2) is 30.5 Å². The maximum absolute atomic E-state index is 13.5. The third-order valence-corrected chi connectivity index (χ3v) is 3.97. The van der Waals surface area contributed by atoms with Crippen LogP contribution >= 0.6 is 0 Å². The molecule has 0 aliphatic carbocycles. The summed E-state index contributed by atoms with van der Waals surface area (Å²) in [6.45, 7) is 4.40. The van der Waals surface area contributed by atoms with Crippen LogP contribution in [-0.2, 0) is 12.6 Å². The number of rotatable bonds is 8. The van der Waals surface area contributed by atoms with Gasteiger partial charge in [0, 0.05) is 18.9 Å². The Hall–Kier alpha value is -2.31. The number of hydrogen-bond acceptors (Lipinski definition) is 4. The van der Waals surface area contributed by atoms with E-state index in [4.69, 9.17) is 4.74 Å². The van der Waals surface area contributed by atoms with Gasteiger partial charge >= 0.3 is 12.2 Å². The van der Waals surface area contributed by atoms with Gasteiger partial charge in [0.1, 0.15) is 5.56 Å². The SMILES string of the molecule is CCCCOc1ncc(C(F)(F)F)c(N(C)c2ccccc2CCC)n1. The average Bonchev–Trinajstić information content (AvgIpc) is 2.61. The van der Waals surface area contributed by atoms with Gasteiger partial charge in [-0.3, -0.25) is 0 Å². The van der Waals surface area contributed by atoms with Gasteiger partial charge in [-0.25, -0.2) is 4.98 Å². The second-order valence-corrected chi connectivity index (χ2v) is 6.03. The molecule has 0 aliphatic heterocycles. The van der Waals surface area contributed by atoms with Gasteiger partial charge in [-0.15, -0.1) is 0 Å². The van der Waals surface area contributed by atoms with Gasteiger partial charge in [0.25, 0.3) is 0 Å². The van der Waals surface area contributed by atoms with Crippen molar-refractivity contribution in [2.75, 3.05) is 18.6 Å². The van der Waals surface area contributed by atoms with Crippen molar-refractivity contribution in [2.24, 2.45) is 0 Å². The molecule has 2 rings (SSSR count). The lowest BCUT2D eigenvalue weighted by Crippen LogP contribution is -2.20. The van der Waals surface area contributed by atoms with Crippen molar-refractivity contribution in [2.45, 2.75) is 45.7 Å². The molecule has 0 saturated heterocycles. The fourth-order valence-electron chi connectivity index (χ4n) is 2.62. The highest BCUT2D eigenvalue weighted by Crippen LogP contribution is 2.38. The van der Waals surface area contributed by atoms with E-state index in [2.05, 4.69) is 9.97 Å². The van der Waals surface area contributed by atoms with Gasteiger partial charge in [0.15, 0.2) is 5.82 Å². The molecule has 4 nitrogen and oxygen atoms in total. The van der Waals surface area contributed by atoms with Gasteiger partial charge in [-0.2, -0.15) is 18.2 Å². The van der Waals surface area contributed by atoms with Crippen molar-refractivity contribution in [3.8, 4) is 6.01 Å². The predicted octanol–water partition coefficient (Wildman–Crippen LogP) is 5.39. The maximum atomic E-state index is 13.5. The minimum absolute atomic E-state index is 0.0405. The molecule has 0 atom stereocenters. The van der Waals surface area contributed by atoms with Crippen molar-refractivity contribution in [3.63, 3.8) is 0 Å². The van der Waals surface area contributed by atoms with Crippen LogP contribution in [0.4, 0.5) is 24.7 Å². The highest BCUT2D eigenvalue weighted by molar-refractivity contribution is 5.66. The molecule has 0 N–H and O–H groups in total. The molecule has 0 unspecified atom stereocenters. The lowest BCUT2D eigenvalue weighted by Gasteiger charge is -2.24. The predicted molar refractivity (Wildman–Crippen MR) is 95.9 cm³/mol. The number of aromatic nitrogens is 2. The summed E-state index contributed by atoms with van der Waals surface area (Å²) >= 11 is 0. The summed E-state index contributed by atoms with van der Waals surface area (Å²) in [5.41, 5.74) is 0.782. The molecular weight excluding hydrogens is 343 g/mol. The molecule has 1 aromatic carbocycles. The molecule has 0 radical (unpaired) electrons. The third-order valence-electron chi connectivity index (χ3n) is 3.97. The summed E-state index contributed by atoms with van der Waals surface area (Å²) in [5, 5.41) is 0. The Kier molecular flexibility index (Phi) is 6.83. The number of benzene rings is 1. The van der Waals surface area contributed by atoms with E-state index in [0.29, 0.717) is 12.3 Å². The smallest absolute Gasteiger partial charge is 0.421 e. The topological polar surface area (TPSA) is 38.2 Å². The minimum Gasteiger partial charge on any atom is -0.463 e. The summed E-state index contributed by atoms with van der Waals surface area (Å²) < 4.78 is 45.8. The number of ether oxygens (including phenoxy) is 1. The highest BCUT2D eigenvalue weighted by Gasteiger charge is 2.37. The first-order valence-electron chi connectivity index (χ1n) is 8.77. The van der Waals surface area contributed by atoms with Crippen molar-refractivity contribution in [1.29, 1.82) is 0 Å². The number of anilines is 2. The highest BCUT2D eigenvalue weighted by atomic mass is 19.4. The second kappa shape index (κ2) is 8.87. The van der Waals surface area contributed by atoms with E-state index in [1.54, 1.807) is 19.2 Å². The van der Waals surface area contributed by atoms with E-state index in [0.717, 1.165) is 37.4 Å². The van der Waals surface area contributed by atoms with E-state index in [-0.39, 0.29) is 11.8 Å². The zero-order valence-electron chi connectivity index (χ0n) is 15.3. The van der Waals surface area contributed by atoms with Gasteiger partial charge in [-0.1, -0.05) is 44.9 Å². The standard InChI is InChI=1S/C19H24F3N3O/c1-4-6-12-26-18-23-13-15(19(20,21)22)17(24-18)25(3)16-11-8-7-10-14(16)9-5-2/h7-8,10-11,13H,4-6,9,12H2,1-3H3. The number of alkyl halides is 3. The van der Waals surface area contributed by atoms with E-state index < -0.39 is 11.7 Å². The first-order chi connectivity index (χ1) is 12.4. The van der Waals surface area contributed by atoms with Crippen molar-refractivity contribution in [1.82, 2.24) is 9.97 Å². The van der Waals surface area contributed by atoms with Crippen LogP contribution in [0.1, 0.15) is 44.2 Å². The molecule has 1 heterocycles. The molecule has 2 aromatic rings. The maximum Gasteiger partial charge on any atom is 0.421 e. The summed E-state index contributed by atoms with van der Waals surface area (Å²) in [6.07, 6.45) is -0.389. The molecule has 0 spiro atoms. The first kappa shape index (κ1) is 20.0. The number of nitrogens with zero attached hydrogens (tertiary/aromatic N) is 3. The van der Waals surface area contributed by atoms with Crippen molar-refractivity contribution in [3.05, 3.63) is 41.6 Å². The lowest BCUT2D eigenvalue weighted by molar-refractivity contribution is -0.137. The van der Waals surface area contributed by atoms with Crippen LogP contribution in [0, 0.1) is 0 Å². The first-order valence-corrected chi connectivity index (χ1v) is 8.77. The molecule has 0 aliphatic rings. The van der Waals surface area contributed by atoms with E-state index in [1.165, 1.54) is 4.90 Å². The zero-order chi connectivity index (χ0) is 19.2. The van der Waals surface area contributed by atoms with Gasteiger partial charge < -0.3 is 9.64 Å². The summed E-state index contributed by atoms with van der Waals surface area (Å²) in [6, 6.07) is 7.36. The average molecular weight is 367 g/mol. The van der Waals surface area contributed by atoms with Crippen LogP contribution < -0.4 is 9.64 Å². The fraction of sp³-hybridized carbons (Fsp3) is 0.474. The Morgan fingerprint density at radius 1 is 1.12 bits per heavy atom. The third kappa shape index (κ3) is 4.86. The molecule has 0 bridgehead atoms. The van der Waals surface area contributed by atoms with E-state index in [1.807, 2.05) is 26.0 Å². The normalized spacial score (nSPS) is 11.5. The van der Waals surface area contributed by atoms with Crippen molar-refractivity contribution >= 4 is 11.5 Å². The van der Waals surface area contributed by atoms with Gasteiger partial charge in [-0.05, 0) is 24.5 Å². The molecule has 7 heteroatoms. The fourth-order valence-corrected chi connectivity index (χ4v) is 2.62. The Bertz CT molecular complexity index is 719. The summed E-state index contributed by atoms with van der Waals surface area (Å²) in [7, 11) is 1.59. The summed E-state index contributed by atoms with van der Waals surface area (Å²) in [5.74, 6) is -0.206. The van der Waals surface area contributed by atoms with Crippen LogP contribution in [-0.4, -0.2) is 23.6 Å². The largest absolute Gasteiger partial charge is 0.463 e. The van der Waals surface area contributed by atoms with Crippen LogP contribution in [0.2, 0.25) is 0 Å². The van der Waals surface area contributed by atoms with Crippen LogP contribution in [0.3, 0.4) is 0 Å². The Morgan fingerprint density at radius 2 is 1.85 bits per heavy atom. The minimum atomic E-state index is -4.55. The Balaban J connectivity index is 2.45. The number of unbranched alkanes of at least 4 members (excludes halogenated alkanes) is 1. The Labute approximate surface area is 152 Å². The Morgan fingerprint density at radius 3 is 2.50 bits per heavy atom. The quantitative estimate of drug-likeness (QED) is 0.586. The zero-order valence-corrected chi connectivity index (χ0v) is 15.3. The van der Waals surface area contributed by atoms with Gasteiger partial charge in [0.2, 0.25) is 0 Å². The van der Waals surface area contributed by atoms with Gasteiger partial charge in [0.05, 0.1) is 6.61 Å². The number of para-hydroxylation sites is 1. The second-order valence-electron chi connectivity index (χ2n) is 6.03. The monoisotopic (exact) mass is 367 g/mol. The summed E-state index contributed by atoms with van der Waals surface area (Å²) in [4.78, 5) is 9.25. The molecular formula is C19H24F3N3O. The molecule has 1 aromatic heterocycles. The van der Waals surface area contributed by atoms with E-state index >= 15 is 0 Å². The number of hydrogen-bond donors (Lipinski definition) is 0. The molecule has 142 valence electrons. The molecule has 0 amide bonds. The van der Waals surface area contributed by atoms with E-state index in [9.17, 15) is 13.2 Å². The van der Waals surface area contributed by atoms with Crippen LogP contribution in [0.5, 0.6) is 6.01 Å². The number of aryl methyl sites for hydroxylation is 1. The molecule has 26 heavy (non-hydrogen) atoms. The molecule has 0 saturated carbocycles. The molecule has 0 fully saturated rings. The lowest BCUT2D eigenvalue weighted by atomic mass is 10.1. The number of halogens is 3.